The molecule has 128 valence electrons. The monoisotopic (exact) mass is 366 g/mol. The molecule has 6 nitrogen and oxygen atoms in total. The molecule has 1 atom stereocenters. The van der Waals surface area contributed by atoms with Crippen molar-refractivity contribution in [1.29, 1.82) is 0 Å². The lowest BCUT2D eigenvalue weighted by atomic mass is 10.2. The molecule has 0 spiro atoms. The molecule has 1 aromatic carbocycles. The van der Waals surface area contributed by atoms with Gasteiger partial charge in [0, 0.05) is 29.4 Å². The average molecular weight is 367 g/mol. The van der Waals surface area contributed by atoms with Crippen molar-refractivity contribution >= 4 is 33.2 Å². The summed E-state index contributed by atoms with van der Waals surface area (Å²) in [5, 5.41) is 7.04. The van der Waals surface area contributed by atoms with Crippen LogP contribution in [-0.4, -0.2) is 35.9 Å². The van der Waals surface area contributed by atoms with Crippen LogP contribution in [0.2, 0.25) is 5.02 Å². The minimum Gasteiger partial charge on any atom is -0.366 e. The number of halogens is 1. The van der Waals surface area contributed by atoms with Crippen LogP contribution < -0.4 is 10.6 Å². The first kappa shape index (κ1) is 17.0. The fraction of sp³-hybridized carbons (Fsp3) is 0.375. The Labute approximate surface area is 146 Å². The number of benzene rings is 1. The lowest BCUT2D eigenvalue weighted by Crippen LogP contribution is -2.21. The Morgan fingerprint density at radius 2 is 2.08 bits per heavy atom. The van der Waals surface area contributed by atoms with Gasteiger partial charge in [0.2, 0.25) is 5.95 Å². The molecule has 1 aliphatic heterocycles. The zero-order chi connectivity index (χ0) is 17.2. The van der Waals surface area contributed by atoms with Crippen molar-refractivity contribution in [1.82, 2.24) is 9.97 Å². The van der Waals surface area contributed by atoms with Gasteiger partial charge in [0.1, 0.15) is 5.82 Å². The molecule has 0 aliphatic carbocycles. The van der Waals surface area contributed by atoms with E-state index in [4.69, 9.17) is 11.6 Å². The minimum absolute atomic E-state index is 0.0966. The van der Waals surface area contributed by atoms with Crippen molar-refractivity contribution in [3.63, 3.8) is 0 Å². The standard InChI is InChI=1S/C16H19ClN4O2S/c1-11-8-15(20-13-6-7-24(22,23)10-13)21-16(19-11)18-9-12-4-2-3-5-14(12)17/h2-5,8,13H,6-7,9-10H2,1H3,(H2,18,19,20,21). The summed E-state index contributed by atoms with van der Waals surface area (Å²) in [5.74, 6) is 1.50. The first-order chi connectivity index (χ1) is 11.4. The summed E-state index contributed by atoms with van der Waals surface area (Å²) in [6.07, 6.45) is 0.605. The molecule has 0 bridgehead atoms. The van der Waals surface area contributed by atoms with Crippen LogP contribution in [0.25, 0.3) is 0 Å². The molecule has 1 fully saturated rings. The number of anilines is 2. The molecule has 0 radical (unpaired) electrons. The minimum atomic E-state index is -2.92. The smallest absolute Gasteiger partial charge is 0.225 e. The second-order valence-electron chi connectivity index (χ2n) is 5.91. The van der Waals surface area contributed by atoms with Gasteiger partial charge in [-0.05, 0) is 25.0 Å². The van der Waals surface area contributed by atoms with Crippen LogP contribution in [0, 0.1) is 6.92 Å². The third-order valence-corrected chi connectivity index (χ3v) is 5.97. The van der Waals surface area contributed by atoms with Gasteiger partial charge in [0.25, 0.3) is 0 Å². The van der Waals surface area contributed by atoms with Crippen LogP contribution in [0.3, 0.4) is 0 Å². The third kappa shape index (κ3) is 4.36. The number of hydrogen-bond acceptors (Lipinski definition) is 6. The first-order valence-electron chi connectivity index (χ1n) is 7.71. The van der Waals surface area contributed by atoms with Gasteiger partial charge in [-0.1, -0.05) is 29.8 Å². The molecule has 0 saturated carbocycles. The highest BCUT2D eigenvalue weighted by atomic mass is 35.5. The zero-order valence-corrected chi connectivity index (χ0v) is 14.9. The predicted octanol–water partition coefficient (Wildman–Crippen LogP) is 2.65. The van der Waals surface area contributed by atoms with Crippen molar-refractivity contribution in [3.8, 4) is 0 Å². The molecule has 8 heteroatoms. The number of aromatic nitrogens is 2. The fourth-order valence-electron chi connectivity index (χ4n) is 2.66. The summed E-state index contributed by atoms with van der Waals surface area (Å²) < 4.78 is 23.1. The molecular weight excluding hydrogens is 348 g/mol. The van der Waals surface area contributed by atoms with Gasteiger partial charge in [-0.15, -0.1) is 0 Å². The quantitative estimate of drug-likeness (QED) is 0.846. The average Bonchev–Trinajstić information content (AvgIpc) is 2.85. The van der Waals surface area contributed by atoms with Crippen molar-refractivity contribution < 1.29 is 8.42 Å². The maximum Gasteiger partial charge on any atom is 0.225 e. The van der Waals surface area contributed by atoms with Crippen LogP contribution in [0.1, 0.15) is 17.7 Å². The Balaban J connectivity index is 1.69. The van der Waals surface area contributed by atoms with Crippen LogP contribution in [-0.2, 0) is 16.4 Å². The second-order valence-corrected chi connectivity index (χ2v) is 8.54. The topological polar surface area (TPSA) is 84.0 Å². The van der Waals surface area contributed by atoms with Gasteiger partial charge in [-0.2, -0.15) is 4.98 Å². The normalized spacial score (nSPS) is 19.2. The Morgan fingerprint density at radius 3 is 2.79 bits per heavy atom. The van der Waals surface area contributed by atoms with E-state index >= 15 is 0 Å². The van der Waals surface area contributed by atoms with Crippen molar-refractivity contribution in [3.05, 3.63) is 46.6 Å². The van der Waals surface area contributed by atoms with Gasteiger partial charge in [0.05, 0.1) is 11.5 Å². The first-order valence-corrected chi connectivity index (χ1v) is 9.91. The number of sulfone groups is 1. The van der Waals surface area contributed by atoms with E-state index in [-0.39, 0.29) is 17.5 Å². The summed E-state index contributed by atoms with van der Waals surface area (Å²) in [7, 11) is -2.92. The Hall–Kier alpha value is -1.86. The third-order valence-electron chi connectivity index (χ3n) is 3.83. The highest BCUT2D eigenvalue weighted by Crippen LogP contribution is 2.19. The Bertz CT molecular complexity index is 842. The SMILES string of the molecule is Cc1cc(NC2CCS(=O)(=O)C2)nc(NCc2ccccc2Cl)n1. The largest absolute Gasteiger partial charge is 0.366 e. The van der Waals surface area contributed by atoms with Crippen LogP contribution >= 0.6 is 11.6 Å². The molecule has 0 amide bonds. The number of aryl methyl sites for hydroxylation is 1. The molecule has 1 aromatic heterocycles. The fourth-order valence-corrected chi connectivity index (χ4v) is 4.53. The lowest BCUT2D eigenvalue weighted by molar-refractivity contribution is 0.602. The molecule has 1 aliphatic rings. The number of hydrogen-bond donors (Lipinski definition) is 2. The van der Waals surface area contributed by atoms with E-state index in [2.05, 4.69) is 20.6 Å². The van der Waals surface area contributed by atoms with E-state index in [1.54, 1.807) is 0 Å². The van der Waals surface area contributed by atoms with E-state index < -0.39 is 9.84 Å². The van der Waals surface area contributed by atoms with Gasteiger partial charge >= 0.3 is 0 Å². The second kappa shape index (κ2) is 6.94. The highest BCUT2D eigenvalue weighted by molar-refractivity contribution is 7.91. The van der Waals surface area contributed by atoms with Crippen LogP contribution in [0.5, 0.6) is 0 Å². The van der Waals surface area contributed by atoms with Crippen LogP contribution in [0.4, 0.5) is 11.8 Å². The molecule has 1 unspecified atom stereocenters. The molecule has 24 heavy (non-hydrogen) atoms. The molecule has 3 rings (SSSR count). The highest BCUT2D eigenvalue weighted by Gasteiger charge is 2.28. The van der Waals surface area contributed by atoms with Gasteiger partial charge < -0.3 is 10.6 Å². The molecule has 2 N–H and O–H groups in total. The molecule has 2 aromatic rings. The van der Waals surface area contributed by atoms with Crippen molar-refractivity contribution in [2.75, 3.05) is 22.1 Å². The zero-order valence-electron chi connectivity index (χ0n) is 13.3. The summed E-state index contributed by atoms with van der Waals surface area (Å²) >= 11 is 6.14. The number of nitrogens with one attached hydrogen (secondary N) is 2. The summed E-state index contributed by atoms with van der Waals surface area (Å²) in [4.78, 5) is 8.78. The maximum atomic E-state index is 11.6. The summed E-state index contributed by atoms with van der Waals surface area (Å²) in [6, 6.07) is 9.29. The van der Waals surface area contributed by atoms with Gasteiger partial charge in [-0.25, -0.2) is 13.4 Å². The number of rotatable bonds is 5. The predicted molar refractivity (Wildman–Crippen MR) is 96.2 cm³/mol. The van der Waals surface area contributed by atoms with Gasteiger partial charge in [-0.3, -0.25) is 0 Å². The van der Waals surface area contributed by atoms with E-state index in [0.717, 1.165) is 11.3 Å². The van der Waals surface area contributed by atoms with Crippen LogP contribution in [0.15, 0.2) is 30.3 Å². The lowest BCUT2D eigenvalue weighted by Gasteiger charge is -2.14. The maximum absolute atomic E-state index is 11.6. The van der Waals surface area contributed by atoms with E-state index in [1.165, 1.54) is 0 Å². The van der Waals surface area contributed by atoms with Gasteiger partial charge in [0.15, 0.2) is 9.84 Å². The molecule has 2 heterocycles. The Morgan fingerprint density at radius 1 is 1.29 bits per heavy atom. The molecule has 1 saturated heterocycles. The molecular formula is C16H19ClN4O2S. The van der Waals surface area contributed by atoms with E-state index in [9.17, 15) is 8.42 Å². The number of nitrogens with zero attached hydrogens (tertiary/aromatic N) is 2. The van der Waals surface area contributed by atoms with Crippen molar-refractivity contribution in [2.45, 2.75) is 25.9 Å². The van der Waals surface area contributed by atoms with E-state index in [1.807, 2.05) is 37.3 Å². The van der Waals surface area contributed by atoms with E-state index in [0.29, 0.717) is 29.8 Å². The Kier molecular flexibility index (Phi) is 4.91. The summed E-state index contributed by atoms with van der Waals surface area (Å²) in [5.41, 5.74) is 1.76. The van der Waals surface area contributed by atoms with Crippen molar-refractivity contribution in [2.24, 2.45) is 0 Å². The summed E-state index contributed by atoms with van der Waals surface area (Å²) in [6.45, 7) is 2.39.